The Balaban J connectivity index is 1.71. The molecule has 1 fully saturated rings. The first-order valence-electron chi connectivity index (χ1n) is 9.26. The Morgan fingerprint density at radius 1 is 1.15 bits per heavy atom. The highest BCUT2D eigenvalue weighted by molar-refractivity contribution is 5.95. The highest BCUT2D eigenvalue weighted by Gasteiger charge is 2.38. The van der Waals surface area contributed by atoms with Gasteiger partial charge in [0.1, 0.15) is 6.04 Å². The number of carbonyl (C=O) groups excluding carboxylic acids is 2. The van der Waals surface area contributed by atoms with Crippen molar-refractivity contribution in [1.82, 2.24) is 19.4 Å². The number of hydrogen-bond donors (Lipinski definition) is 0. The lowest BCUT2D eigenvalue weighted by molar-refractivity contribution is -0.156. The van der Waals surface area contributed by atoms with Gasteiger partial charge < -0.3 is 19.1 Å². The van der Waals surface area contributed by atoms with Gasteiger partial charge in [0.15, 0.2) is 0 Å². The van der Waals surface area contributed by atoms with E-state index in [0.29, 0.717) is 26.1 Å². The van der Waals surface area contributed by atoms with Crippen molar-refractivity contribution < 1.29 is 14.3 Å². The Morgan fingerprint density at radius 3 is 2.67 bits per heavy atom. The predicted octanol–water partition coefficient (Wildman–Crippen LogP) is 1.20. The maximum atomic E-state index is 13.0. The molecule has 1 aromatic carbocycles. The number of piperazine rings is 1. The first-order chi connectivity index (χ1) is 13.2. The Kier molecular flexibility index (Phi) is 6.59. The molecule has 7 nitrogen and oxygen atoms in total. The number of methoxy groups -OCH3 is 1. The van der Waals surface area contributed by atoms with Crippen LogP contribution < -0.4 is 0 Å². The van der Waals surface area contributed by atoms with Crippen molar-refractivity contribution in [1.29, 1.82) is 0 Å². The summed E-state index contributed by atoms with van der Waals surface area (Å²) < 4.78 is 7.07. The zero-order valence-corrected chi connectivity index (χ0v) is 15.7. The average molecular weight is 370 g/mol. The Morgan fingerprint density at radius 2 is 1.96 bits per heavy atom. The normalized spacial score (nSPS) is 17.6. The minimum absolute atomic E-state index is 0.00173. The van der Waals surface area contributed by atoms with Crippen molar-refractivity contribution in [2.24, 2.45) is 0 Å². The van der Waals surface area contributed by atoms with Crippen LogP contribution in [0.25, 0.3) is 0 Å². The van der Waals surface area contributed by atoms with Crippen LogP contribution in [0, 0.1) is 0 Å². The van der Waals surface area contributed by atoms with Gasteiger partial charge in [-0.25, -0.2) is 4.98 Å². The molecule has 3 rings (SSSR count). The molecule has 0 bridgehead atoms. The van der Waals surface area contributed by atoms with E-state index in [2.05, 4.69) is 4.98 Å². The lowest BCUT2D eigenvalue weighted by atomic mass is 10.0. The SMILES string of the molecule is COCCN1CC(=O)N(CCCn2ccnc2)[C@H](Cc2ccccc2)C1=O. The smallest absolute Gasteiger partial charge is 0.246 e. The van der Waals surface area contributed by atoms with Crippen LogP contribution in [-0.2, 0) is 27.3 Å². The van der Waals surface area contributed by atoms with Gasteiger partial charge in [-0.05, 0) is 12.0 Å². The summed E-state index contributed by atoms with van der Waals surface area (Å²) in [5, 5.41) is 0. The molecule has 1 aromatic heterocycles. The largest absolute Gasteiger partial charge is 0.383 e. The third-order valence-corrected chi connectivity index (χ3v) is 4.83. The molecule has 0 aliphatic carbocycles. The average Bonchev–Trinajstić information content (AvgIpc) is 3.20. The van der Waals surface area contributed by atoms with Crippen molar-refractivity contribution in [3.8, 4) is 0 Å². The monoisotopic (exact) mass is 370 g/mol. The standard InChI is InChI=1S/C20H26N4O3/c1-27-13-12-23-15-19(25)24(10-5-9-22-11-8-21-16-22)18(20(23)26)14-17-6-3-2-4-7-17/h2-4,6-8,11,16,18H,5,9-10,12-15H2,1H3/t18-/m1/s1. The van der Waals surface area contributed by atoms with Gasteiger partial charge in [-0.15, -0.1) is 0 Å². The number of imidazole rings is 1. The predicted molar refractivity (Wildman–Crippen MR) is 101 cm³/mol. The van der Waals surface area contributed by atoms with Crippen molar-refractivity contribution >= 4 is 11.8 Å². The summed E-state index contributed by atoms with van der Waals surface area (Å²) in [5.41, 5.74) is 1.05. The molecule has 1 atom stereocenters. The van der Waals surface area contributed by atoms with Crippen molar-refractivity contribution in [2.75, 3.05) is 33.4 Å². The molecule has 0 N–H and O–H groups in total. The number of benzene rings is 1. The van der Waals surface area contributed by atoms with E-state index in [9.17, 15) is 9.59 Å². The molecule has 144 valence electrons. The number of nitrogens with zero attached hydrogens (tertiary/aromatic N) is 4. The van der Waals surface area contributed by atoms with E-state index in [0.717, 1.165) is 18.5 Å². The van der Waals surface area contributed by atoms with Gasteiger partial charge in [-0.2, -0.15) is 0 Å². The second-order valence-corrected chi connectivity index (χ2v) is 6.70. The van der Waals surface area contributed by atoms with E-state index in [1.165, 1.54) is 0 Å². The number of aromatic nitrogens is 2. The first kappa shape index (κ1) is 19.1. The van der Waals surface area contributed by atoms with Crippen LogP contribution >= 0.6 is 0 Å². The second kappa shape index (κ2) is 9.32. The van der Waals surface area contributed by atoms with Gasteiger partial charge in [-0.3, -0.25) is 9.59 Å². The molecule has 2 amide bonds. The van der Waals surface area contributed by atoms with Crippen LogP contribution in [0.2, 0.25) is 0 Å². The van der Waals surface area contributed by atoms with E-state index >= 15 is 0 Å². The fraction of sp³-hybridized carbons (Fsp3) is 0.450. The van der Waals surface area contributed by atoms with Crippen LogP contribution in [0.4, 0.5) is 0 Å². The van der Waals surface area contributed by atoms with Gasteiger partial charge in [0.05, 0.1) is 19.5 Å². The van der Waals surface area contributed by atoms with E-state index in [1.54, 1.807) is 29.4 Å². The Bertz CT molecular complexity index is 733. The number of rotatable bonds is 9. The maximum Gasteiger partial charge on any atom is 0.246 e. The molecule has 0 spiro atoms. The zero-order chi connectivity index (χ0) is 19.1. The minimum atomic E-state index is -0.465. The quantitative estimate of drug-likeness (QED) is 0.665. The molecular weight excluding hydrogens is 344 g/mol. The summed E-state index contributed by atoms with van der Waals surface area (Å²) >= 11 is 0. The maximum absolute atomic E-state index is 13.0. The number of aryl methyl sites for hydroxylation is 1. The first-order valence-corrected chi connectivity index (χ1v) is 9.26. The van der Waals surface area contributed by atoms with E-state index < -0.39 is 6.04 Å². The van der Waals surface area contributed by atoms with E-state index in [4.69, 9.17) is 4.74 Å². The highest BCUT2D eigenvalue weighted by Crippen LogP contribution is 2.18. The van der Waals surface area contributed by atoms with Crippen LogP contribution in [0.15, 0.2) is 49.1 Å². The van der Waals surface area contributed by atoms with Crippen LogP contribution in [0.1, 0.15) is 12.0 Å². The molecule has 2 aromatic rings. The van der Waals surface area contributed by atoms with Crippen LogP contribution in [0.5, 0.6) is 0 Å². The molecule has 7 heteroatoms. The lowest BCUT2D eigenvalue weighted by Crippen LogP contribution is -2.61. The Hall–Kier alpha value is -2.67. The zero-order valence-electron chi connectivity index (χ0n) is 15.7. The van der Waals surface area contributed by atoms with E-state index in [1.807, 2.05) is 41.1 Å². The molecule has 1 aliphatic heterocycles. The molecule has 0 unspecified atom stereocenters. The van der Waals surface area contributed by atoms with Gasteiger partial charge >= 0.3 is 0 Å². The Labute approximate surface area is 159 Å². The molecule has 1 aliphatic rings. The third-order valence-electron chi connectivity index (χ3n) is 4.83. The summed E-state index contributed by atoms with van der Waals surface area (Å²) in [6.07, 6.45) is 6.70. The second-order valence-electron chi connectivity index (χ2n) is 6.70. The highest BCUT2D eigenvalue weighted by atomic mass is 16.5. The summed E-state index contributed by atoms with van der Waals surface area (Å²) in [6.45, 7) is 2.31. The number of amides is 2. The summed E-state index contributed by atoms with van der Waals surface area (Å²) in [4.78, 5) is 33.2. The molecule has 0 saturated carbocycles. The summed E-state index contributed by atoms with van der Waals surface area (Å²) in [6, 6.07) is 9.39. The van der Waals surface area contributed by atoms with Crippen LogP contribution in [0.3, 0.4) is 0 Å². The van der Waals surface area contributed by atoms with Gasteiger partial charge in [0.25, 0.3) is 0 Å². The number of hydrogen-bond acceptors (Lipinski definition) is 4. The topological polar surface area (TPSA) is 67.7 Å². The fourth-order valence-electron chi connectivity index (χ4n) is 3.40. The van der Waals surface area contributed by atoms with Gasteiger partial charge in [0.2, 0.25) is 11.8 Å². The molecular formula is C20H26N4O3. The third kappa shape index (κ3) is 4.95. The van der Waals surface area contributed by atoms with Crippen molar-refractivity contribution in [3.63, 3.8) is 0 Å². The van der Waals surface area contributed by atoms with Gasteiger partial charge in [0, 0.05) is 45.6 Å². The van der Waals surface area contributed by atoms with Crippen molar-refractivity contribution in [2.45, 2.75) is 25.4 Å². The minimum Gasteiger partial charge on any atom is -0.383 e. The summed E-state index contributed by atoms with van der Waals surface area (Å²) in [7, 11) is 1.60. The summed E-state index contributed by atoms with van der Waals surface area (Å²) in [5.74, 6) is -0.00426. The van der Waals surface area contributed by atoms with Gasteiger partial charge in [-0.1, -0.05) is 30.3 Å². The van der Waals surface area contributed by atoms with Crippen molar-refractivity contribution in [3.05, 3.63) is 54.6 Å². The molecule has 1 saturated heterocycles. The lowest BCUT2D eigenvalue weighted by Gasteiger charge is -2.40. The number of ether oxygens (including phenoxy) is 1. The molecule has 0 radical (unpaired) electrons. The number of carbonyl (C=O) groups is 2. The van der Waals surface area contributed by atoms with Crippen LogP contribution in [-0.4, -0.2) is 70.6 Å². The fourth-order valence-corrected chi connectivity index (χ4v) is 3.40. The molecule has 2 heterocycles. The molecule has 27 heavy (non-hydrogen) atoms. The van der Waals surface area contributed by atoms with E-state index in [-0.39, 0.29) is 18.4 Å².